The molecule has 0 aliphatic rings. The van der Waals surface area contributed by atoms with Crippen LogP contribution in [0.3, 0.4) is 0 Å². The van der Waals surface area contributed by atoms with Crippen molar-refractivity contribution < 1.29 is 19.2 Å². The quantitative estimate of drug-likeness (QED) is 0.924. The highest BCUT2D eigenvalue weighted by Gasteiger charge is 2.20. The van der Waals surface area contributed by atoms with Gasteiger partial charge < -0.3 is 14.5 Å². The molecule has 0 fully saturated rings. The Balaban J connectivity index is 2.20. The van der Waals surface area contributed by atoms with Gasteiger partial charge in [0.05, 0.1) is 0 Å². The minimum Gasteiger partial charge on any atom is -0.475 e. The van der Waals surface area contributed by atoms with E-state index in [1.807, 2.05) is 31.2 Å². The Hall–Kier alpha value is -2.63. The van der Waals surface area contributed by atoms with Crippen LogP contribution in [-0.2, 0) is 6.42 Å². The van der Waals surface area contributed by atoms with Crippen LogP contribution in [-0.4, -0.2) is 29.2 Å². The number of aromatic carboxylic acids is 1. The smallest absolute Gasteiger partial charge is 0.374 e. The topological polar surface area (TPSA) is 83.6 Å². The molecule has 0 radical (unpaired) electrons. The van der Waals surface area contributed by atoms with Gasteiger partial charge in [0.1, 0.15) is 0 Å². The summed E-state index contributed by atoms with van der Waals surface area (Å²) < 4.78 is 4.57. The van der Waals surface area contributed by atoms with E-state index in [1.165, 1.54) is 10.5 Å². The molecule has 0 aliphatic heterocycles. The summed E-state index contributed by atoms with van der Waals surface area (Å²) in [5.41, 5.74) is 1.83. The van der Waals surface area contributed by atoms with Gasteiger partial charge in [-0.05, 0) is 24.1 Å². The van der Waals surface area contributed by atoms with Crippen molar-refractivity contribution >= 4 is 17.6 Å². The number of amides is 1. The van der Waals surface area contributed by atoms with Crippen molar-refractivity contribution in [3.8, 4) is 0 Å². The van der Waals surface area contributed by atoms with Crippen LogP contribution in [0.15, 0.2) is 34.9 Å². The van der Waals surface area contributed by atoms with E-state index < -0.39 is 11.9 Å². The summed E-state index contributed by atoms with van der Waals surface area (Å²) in [6.45, 7) is 2.05. The SMILES string of the molecule is CCc1ccc(N(C)C(=O)c2cc(C(=O)O)on2)cc1. The molecule has 1 N–H and O–H groups in total. The van der Waals surface area contributed by atoms with Crippen molar-refractivity contribution in [3.63, 3.8) is 0 Å². The van der Waals surface area contributed by atoms with Gasteiger partial charge in [0, 0.05) is 18.8 Å². The summed E-state index contributed by atoms with van der Waals surface area (Å²) in [5.74, 6) is -2.04. The van der Waals surface area contributed by atoms with Crippen LogP contribution >= 0.6 is 0 Å². The second kappa shape index (κ2) is 5.56. The van der Waals surface area contributed by atoms with Gasteiger partial charge in [-0.3, -0.25) is 4.79 Å². The highest BCUT2D eigenvalue weighted by Crippen LogP contribution is 2.17. The van der Waals surface area contributed by atoms with Crippen molar-refractivity contribution in [2.45, 2.75) is 13.3 Å². The minimum absolute atomic E-state index is 0.0375. The summed E-state index contributed by atoms with van der Waals surface area (Å²) in [6, 6.07) is 8.64. The van der Waals surface area contributed by atoms with E-state index in [9.17, 15) is 9.59 Å². The molecule has 1 aromatic heterocycles. The normalized spacial score (nSPS) is 10.3. The minimum atomic E-state index is -1.26. The van der Waals surface area contributed by atoms with E-state index in [1.54, 1.807) is 7.05 Å². The van der Waals surface area contributed by atoms with Crippen LogP contribution in [0.5, 0.6) is 0 Å². The van der Waals surface area contributed by atoms with Crippen molar-refractivity contribution in [2.75, 3.05) is 11.9 Å². The Morgan fingerprint density at radius 3 is 2.45 bits per heavy atom. The Morgan fingerprint density at radius 1 is 1.30 bits per heavy atom. The Bertz CT molecular complexity index is 631. The number of carboxylic acids is 1. The molecule has 0 unspecified atom stereocenters. The molecule has 6 nitrogen and oxygen atoms in total. The fraction of sp³-hybridized carbons (Fsp3) is 0.214. The number of hydrogen-bond donors (Lipinski definition) is 1. The van der Waals surface area contributed by atoms with Gasteiger partial charge in [0.2, 0.25) is 5.76 Å². The van der Waals surface area contributed by atoms with E-state index in [0.29, 0.717) is 5.69 Å². The Kier molecular flexibility index (Phi) is 3.84. The molecule has 0 saturated heterocycles. The lowest BCUT2D eigenvalue weighted by Crippen LogP contribution is -2.26. The van der Waals surface area contributed by atoms with Gasteiger partial charge in [-0.2, -0.15) is 0 Å². The largest absolute Gasteiger partial charge is 0.475 e. The number of aryl methyl sites for hydroxylation is 1. The van der Waals surface area contributed by atoms with Gasteiger partial charge in [0.15, 0.2) is 5.69 Å². The number of carbonyl (C=O) groups is 2. The molecule has 0 spiro atoms. The van der Waals surface area contributed by atoms with Gasteiger partial charge in [-0.1, -0.05) is 24.2 Å². The summed E-state index contributed by atoms with van der Waals surface area (Å²) in [5, 5.41) is 12.2. The van der Waals surface area contributed by atoms with Crippen LogP contribution in [0.1, 0.15) is 33.5 Å². The first-order valence-corrected chi connectivity index (χ1v) is 6.10. The lowest BCUT2D eigenvalue weighted by atomic mass is 10.1. The van der Waals surface area contributed by atoms with Gasteiger partial charge in [0.25, 0.3) is 5.91 Å². The zero-order valence-electron chi connectivity index (χ0n) is 11.2. The van der Waals surface area contributed by atoms with Crippen LogP contribution in [0.25, 0.3) is 0 Å². The highest BCUT2D eigenvalue weighted by molar-refractivity contribution is 6.05. The van der Waals surface area contributed by atoms with Crippen LogP contribution in [0, 0.1) is 0 Å². The van der Waals surface area contributed by atoms with Crippen molar-refractivity contribution in [3.05, 3.63) is 47.3 Å². The van der Waals surface area contributed by atoms with Crippen molar-refractivity contribution in [1.82, 2.24) is 5.16 Å². The van der Waals surface area contributed by atoms with Gasteiger partial charge in [-0.15, -0.1) is 0 Å². The number of benzene rings is 1. The van der Waals surface area contributed by atoms with E-state index in [2.05, 4.69) is 9.68 Å². The molecule has 2 aromatic rings. The highest BCUT2D eigenvalue weighted by atomic mass is 16.5. The maximum absolute atomic E-state index is 12.1. The fourth-order valence-corrected chi connectivity index (χ4v) is 1.72. The second-order valence-electron chi connectivity index (χ2n) is 4.27. The zero-order valence-corrected chi connectivity index (χ0v) is 11.2. The maximum atomic E-state index is 12.1. The molecule has 0 bridgehead atoms. The third kappa shape index (κ3) is 2.69. The number of rotatable bonds is 4. The molecular weight excluding hydrogens is 260 g/mol. The zero-order chi connectivity index (χ0) is 14.7. The van der Waals surface area contributed by atoms with Crippen LogP contribution in [0.4, 0.5) is 5.69 Å². The molecule has 0 atom stereocenters. The standard InChI is InChI=1S/C14H14N2O4/c1-3-9-4-6-10(7-5-9)16(2)13(17)11-8-12(14(18)19)20-15-11/h4-8H,3H2,1-2H3,(H,18,19). The van der Waals surface area contributed by atoms with Crippen LogP contribution < -0.4 is 4.90 Å². The molecule has 0 saturated carbocycles. The lowest BCUT2D eigenvalue weighted by Gasteiger charge is -2.15. The molecule has 104 valence electrons. The molecule has 1 heterocycles. The average molecular weight is 274 g/mol. The number of hydrogen-bond acceptors (Lipinski definition) is 4. The predicted molar refractivity (Wildman–Crippen MR) is 72.0 cm³/mol. The predicted octanol–water partition coefficient (Wildman–Crippen LogP) is 2.21. The van der Waals surface area contributed by atoms with Gasteiger partial charge in [-0.25, -0.2) is 4.79 Å². The summed E-state index contributed by atoms with van der Waals surface area (Å²) in [6.07, 6.45) is 0.920. The number of aromatic nitrogens is 1. The Labute approximate surface area is 115 Å². The van der Waals surface area contributed by atoms with Gasteiger partial charge >= 0.3 is 5.97 Å². The summed E-state index contributed by atoms with van der Waals surface area (Å²) >= 11 is 0. The molecular formula is C14H14N2O4. The molecule has 0 aliphatic carbocycles. The van der Waals surface area contributed by atoms with Crippen molar-refractivity contribution in [1.29, 1.82) is 0 Å². The van der Waals surface area contributed by atoms with E-state index in [4.69, 9.17) is 5.11 Å². The lowest BCUT2D eigenvalue weighted by molar-refractivity contribution is 0.0651. The molecule has 1 amide bonds. The van der Waals surface area contributed by atoms with Crippen molar-refractivity contribution in [2.24, 2.45) is 0 Å². The number of carbonyl (C=O) groups excluding carboxylic acids is 1. The van der Waals surface area contributed by atoms with E-state index in [0.717, 1.165) is 12.5 Å². The Morgan fingerprint density at radius 2 is 1.95 bits per heavy atom. The first-order chi connectivity index (χ1) is 9.52. The summed E-state index contributed by atoms with van der Waals surface area (Å²) in [4.78, 5) is 24.2. The monoisotopic (exact) mass is 274 g/mol. The first-order valence-electron chi connectivity index (χ1n) is 6.10. The maximum Gasteiger partial charge on any atom is 0.374 e. The first kappa shape index (κ1) is 13.8. The number of carboxylic acid groups (broad SMARTS) is 1. The third-order valence-corrected chi connectivity index (χ3v) is 2.98. The number of anilines is 1. The molecule has 20 heavy (non-hydrogen) atoms. The fourth-order valence-electron chi connectivity index (χ4n) is 1.72. The summed E-state index contributed by atoms with van der Waals surface area (Å²) in [7, 11) is 1.60. The second-order valence-corrected chi connectivity index (χ2v) is 4.27. The number of nitrogens with zero attached hydrogens (tertiary/aromatic N) is 2. The average Bonchev–Trinajstić information content (AvgIpc) is 2.96. The molecule has 1 aromatic carbocycles. The van der Waals surface area contributed by atoms with Crippen LogP contribution in [0.2, 0.25) is 0 Å². The van der Waals surface area contributed by atoms with E-state index in [-0.39, 0.29) is 11.5 Å². The molecule has 2 rings (SSSR count). The third-order valence-electron chi connectivity index (χ3n) is 2.98. The molecule has 6 heteroatoms. The van der Waals surface area contributed by atoms with E-state index >= 15 is 0 Å².